The van der Waals surface area contributed by atoms with E-state index in [0.29, 0.717) is 11.4 Å². The van der Waals surface area contributed by atoms with Crippen LogP contribution in [0.15, 0.2) is 18.2 Å². The van der Waals surface area contributed by atoms with Crippen molar-refractivity contribution in [2.75, 3.05) is 20.6 Å². The minimum Gasteiger partial charge on any atom is -0.325 e. The first-order chi connectivity index (χ1) is 9.88. The molecule has 1 atom stereocenters. The minimum absolute atomic E-state index is 0.123. The van der Waals surface area contributed by atoms with Crippen LogP contribution >= 0.6 is 0 Å². The molecule has 1 aromatic heterocycles. The van der Waals surface area contributed by atoms with E-state index in [4.69, 9.17) is 5.73 Å². The zero-order valence-corrected chi connectivity index (χ0v) is 13.3. The standard InChI is InChI=1S/C16H25FN4/c1-11(2)9-13(18)16-19-14-10-12(17)5-6-15(14)21(16)8-7-20(3)4/h5-6,10-11,13H,7-9,18H2,1-4H3. The van der Waals surface area contributed by atoms with Crippen LogP contribution in [0, 0.1) is 11.7 Å². The fraction of sp³-hybridized carbons (Fsp3) is 0.562. The maximum absolute atomic E-state index is 13.4. The Morgan fingerprint density at radius 3 is 2.67 bits per heavy atom. The lowest BCUT2D eigenvalue weighted by molar-refractivity contribution is 0.377. The summed E-state index contributed by atoms with van der Waals surface area (Å²) < 4.78 is 15.5. The number of benzene rings is 1. The molecule has 0 spiro atoms. The molecule has 5 heteroatoms. The summed E-state index contributed by atoms with van der Waals surface area (Å²) in [7, 11) is 4.07. The van der Waals surface area contributed by atoms with Crippen molar-refractivity contribution in [3.63, 3.8) is 0 Å². The SMILES string of the molecule is CC(C)CC(N)c1nc2cc(F)ccc2n1CCN(C)C. The number of nitrogens with two attached hydrogens (primary N) is 1. The number of aromatic nitrogens is 2. The Hall–Kier alpha value is -1.46. The Labute approximate surface area is 125 Å². The van der Waals surface area contributed by atoms with Crippen molar-refractivity contribution in [3.05, 3.63) is 29.8 Å². The molecule has 2 aromatic rings. The van der Waals surface area contributed by atoms with Crippen molar-refractivity contribution in [2.24, 2.45) is 11.7 Å². The molecule has 116 valence electrons. The highest BCUT2D eigenvalue weighted by Crippen LogP contribution is 2.24. The molecular formula is C16H25FN4. The molecule has 2 rings (SSSR count). The summed E-state index contributed by atoms with van der Waals surface area (Å²) in [6.07, 6.45) is 0.869. The first kappa shape index (κ1) is 15.9. The number of nitrogens with zero attached hydrogens (tertiary/aromatic N) is 3. The summed E-state index contributed by atoms with van der Waals surface area (Å²) in [6, 6.07) is 4.63. The molecule has 0 bridgehead atoms. The van der Waals surface area contributed by atoms with Gasteiger partial charge in [0.1, 0.15) is 11.6 Å². The molecule has 21 heavy (non-hydrogen) atoms. The van der Waals surface area contributed by atoms with Gasteiger partial charge in [0.2, 0.25) is 0 Å². The number of fused-ring (bicyclic) bond motifs is 1. The van der Waals surface area contributed by atoms with Crippen LogP contribution in [-0.2, 0) is 6.54 Å². The Balaban J connectivity index is 2.43. The van der Waals surface area contributed by atoms with Gasteiger partial charge < -0.3 is 15.2 Å². The Bertz CT molecular complexity index is 604. The molecule has 0 fully saturated rings. The van der Waals surface area contributed by atoms with E-state index in [9.17, 15) is 4.39 Å². The van der Waals surface area contributed by atoms with Crippen molar-refractivity contribution < 1.29 is 4.39 Å². The monoisotopic (exact) mass is 292 g/mol. The van der Waals surface area contributed by atoms with E-state index in [1.807, 2.05) is 14.1 Å². The second kappa shape index (κ2) is 6.54. The average molecular weight is 292 g/mol. The number of likely N-dealkylation sites (N-methyl/N-ethyl adjacent to an activating group) is 1. The normalized spacial score (nSPS) is 13.5. The predicted octanol–water partition coefficient (Wildman–Crippen LogP) is 2.78. The molecule has 2 N–H and O–H groups in total. The van der Waals surface area contributed by atoms with Crippen LogP contribution in [0.3, 0.4) is 0 Å². The first-order valence-electron chi connectivity index (χ1n) is 7.44. The number of hydrogen-bond donors (Lipinski definition) is 1. The Morgan fingerprint density at radius 1 is 1.33 bits per heavy atom. The van der Waals surface area contributed by atoms with Gasteiger partial charge in [0.15, 0.2) is 0 Å². The van der Waals surface area contributed by atoms with Gasteiger partial charge in [-0.1, -0.05) is 13.8 Å². The molecule has 1 aromatic carbocycles. The molecule has 1 heterocycles. The van der Waals surface area contributed by atoms with Crippen molar-refractivity contribution in [1.29, 1.82) is 0 Å². The van der Waals surface area contributed by atoms with E-state index in [1.54, 1.807) is 6.07 Å². The summed E-state index contributed by atoms with van der Waals surface area (Å²) >= 11 is 0. The zero-order valence-electron chi connectivity index (χ0n) is 13.3. The molecule has 0 saturated carbocycles. The highest BCUT2D eigenvalue weighted by Gasteiger charge is 2.18. The maximum Gasteiger partial charge on any atom is 0.126 e. The van der Waals surface area contributed by atoms with Crippen molar-refractivity contribution in [3.8, 4) is 0 Å². The van der Waals surface area contributed by atoms with Crippen LogP contribution in [-0.4, -0.2) is 35.1 Å². The van der Waals surface area contributed by atoms with Gasteiger partial charge in [0.25, 0.3) is 0 Å². The van der Waals surface area contributed by atoms with Crippen LogP contribution in [0.1, 0.15) is 32.1 Å². The van der Waals surface area contributed by atoms with Gasteiger partial charge in [-0.15, -0.1) is 0 Å². The molecular weight excluding hydrogens is 267 g/mol. The van der Waals surface area contributed by atoms with E-state index < -0.39 is 0 Å². The number of hydrogen-bond acceptors (Lipinski definition) is 3. The molecule has 0 amide bonds. The molecule has 0 aliphatic heterocycles. The molecule has 0 aliphatic rings. The fourth-order valence-corrected chi connectivity index (χ4v) is 2.55. The third-order valence-electron chi connectivity index (χ3n) is 3.57. The van der Waals surface area contributed by atoms with Crippen LogP contribution < -0.4 is 5.73 Å². The van der Waals surface area contributed by atoms with Crippen LogP contribution in [0.25, 0.3) is 11.0 Å². The predicted molar refractivity (Wildman–Crippen MR) is 84.6 cm³/mol. The number of halogens is 1. The van der Waals surface area contributed by atoms with E-state index in [0.717, 1.165) is 30.9 Å². The van der Waals surface area contributed by atoms with Crippen molar-refractivity contribution >= 4 is 11.0 Å². The summed E-state index contributed by atoms with van der Waals surface area (Å²) in [5, 5.41) is 0. The van der Waals surface area contributed by atoms with Gasteiger partial charge in [0, 0.05) is 19.2 Å². The minimum atomic E-state index is -0.260. The van der Waals surface area contributed by atoms with Gasteiger partial charge >= 0.3 is 0 Å². The smallest absolute Gasteiger partial charge is 0.126 e. The fourth-order valence-electron chi connectivity index (χ4n) is 2.55. The van der Waals surface area contributed by atoms with E-state index >= 15 is 0 Å². The molecule has 0 aliphatic carbocycles. The molecule has 1 unspecified atom stereocenters. The maximum atomic E-state index is 13.4. The Kier molecular flexibility index (Phi) is 4.96. The largest absolute Gasteiger partial charge is 0.325 e. The summed E-state index contributed by atoms with van der Waals surface area (Å²) in [5.74, 6) is 1.09. The summed E-state index contributed by atoms with van der Waals surface area (Å²) in [6.45, 7) is 5.99. The second-order valence-electron chi connectivity index (χ2n) is 6.29. The third kappa shape index (κ3) is 3.80. The van der Waals surface area contributed by atoms with E-state index in [1.165, 1.54) is 12.1 Å². The number of rotatable bonds is 6. The van der Waals surface area contributed by atoms with E-state index in [-0.39, 0.29) is 11.9 Å². The highest BCUT2D eigenvalue weighted by atomic mass is 19.1. The van der Waals surface area contributed by atoms with Gasteiger partial charge in [-0.05, 0) is 38.6 Å². The third-order valence-corrected chi connectivity index (χ3v) is 3.57. The quantitative estimate of drug-likeness (QED) is 0.890. The highest BCUT2D eigenvalue weighted by molar-refractivity contribution is 5.76. The molecule has 4 nitrogen and oxygen atoms in total. The van der Waals surface area contributed by atoms with Gasteiger partial charge in [-0.25, -0.2) is 9.37 Å². The lowest BCUT2D eigenvalue weighted by Crippen LogP contribution is -2.23. The second-order valence-corrected chi connectivity index (χ2v) is 6.29. The van der Waals surface area contributed by atoms with Crippen LogP contribution in [0.2, 0.25) is 0 Å². The summed E-state index contributed by atoms with van der Waals surface area (Å²) in [5.41, 5.74) is 7.95. The molecule has 0 saturated heterocycles. The average Bonchev–Trinajstić information content (AvgIpc) is 2.73. The summed E-state index contributed by atoms with van der Waals surface area (Å²) in [4.78, 5) is 6.70. The van der Waals surface area contributed by atoms with Gasteiger partial charge in [-0.3, -0.25) is 0 Å². The van der Waals surface area contributed by atoms with Crippen LogP contribution in [0.5, 0.6) is 0 Å². The van der Waals surface area contributed by atoms with Gasteiger partial charge in [0.05, 0.1) is 17.1 Å². The van der Waals surface area contributed by atoms with E-state index in [2.05, 4.69) is 28.3 Å². The van der Waals surface area contributed by atoms with Crippen molar-refractivity contribution in [2.45, 2.75) is 32.9 Å². The van der Waals surface area contributed by atoms with Crippen LogP contribution in [0.4, 0.5) is 4.39 Å². The molecule has 0 radical (unpaired) electrons. The lowest BCUT2D eigenvalue weighted by Gasteiger charge is -2.18. The lowest BCUT2D eigenvalue weighted by atomic mass is 10.0. The van der Waals surface area contributed by atoms with Crippen molar-refractivity contribution in [1.82, 2.24) is 14.5 Å². The first-order valence-corrected chi connectivity index (χ1v) is 7.44. The number of imidazole rings is 1. The zero-order chi connectivity index (χ0) is 15.6. The van der Waals surface area contributed by atoms with Gasteiger partial charge in [-0.2, -0.15) is 0 Å². The topological polar surface area (TPSA) is 47.1 Å². The Morgan fingerprint density at radius 2 is 2.05 bits per heavy atom.